The molecule has 2 aromatic carbocycles. The first kappa shape index (κ1) is 21.1. The third kappa shape index (κ3) is 5.25. The van der Waals surface area contributed by atoms with Crippen molar-refractivity contribution in [2.24, 2.45) is 0 Å². The Morgan fingerprint density at radius 3 is 2.47 bits per heavy atom. The highest BCUT2D eigenvalue weighted by molar-refractivity contribution is 7.11. The zero-order valence-corrected chi connectivity index (χ0v) is 17.7. The van der Waals surface area contributed by atoms with Crippen LogP contribution in [0.3, 0.4) is 0 Å². The van der Waals surface area contributed by atoms with Crippen molar-refractivity contribution in [2.75, 3.05) is 12.4 Å². The third-order valence-electron chi connectivity index (χ3n) is 4.09. The molecule has 0 amide bonds. The number of hydrogen-bond donors (Lipinski definition) is 1. The minimum absolute atomic E-state index is 0.169. The monoisotopic (exact) mass is 419 g/mol. The first-order valence-corrected chi connectivity index (χ1v) is 10.2. The fraction of sp³-hybridized carbons (Fsp3) is 0.174. The number of anilines is 1. The summed E-state index contributed by atoms with van der Waals surface area (Å²) >= 11 is 1.40. The molecule has 0 atom stereocenters. The fourth-order valence-electron chi connectivity index (χ4n) is 2.57. The molecule has 30 heavy (non-hydrogen) atoms. The van der Waals surface area contributed by atoms with E-state index < -0.39 is 0 Å². The average molecular weight is 420 g/mol. The van der Waals surface area contributed by atoms with E-state index in [4.69, 9.17) is 9.47 Å². The summed E-state index contributed by atoms with van der Waals surface area (Å²) in [5, 5.41) is 15.1. The normalized spacial score (nSPS) is 11.1. The third-order valence-corrected chi connectivity index (χ3v) is 4.96. The summed E-state index contributed by atoms with van der Waals surface area (Å²) in [6.07, 6.45) is 1.44. The molecule has 0 fully saturated rings. The van der Waals surface area contributed by atoms with E-state index in [1.54, 1.807) is 51.4 Å². The number of hydrogen-bond acceptors (Lipinski definition) is 7. The molecular weight excluding hydrogens is 398 g/mol. The molecule has 0 bridgehead atoms. The van der Waals surface area contributed by atoms with E-state index in [9.17, 15) is 10.1 Å². The Morgan fingerprint density at radius 1 is 1.17 bits per heavy atom. The highest BCUT2D eigenvalue weighted by atomic mass is 32.1. The second-order valence-electron chi connectivity index (χ2n) is 6.61. The molecule has 0 saturated carbocycles. The number of nitriles is 1. The van der Waals surface area contributed by atoms with E-state index in [2.05, 4.69) is 16.4 Å². The van der Waals surface area contributed by atoms with Crippen LogP contribution >= 0.6 is 11.3 Å². The molecule has 0 saturated heterocycles. The van der Waals surface area contributed by atoms with Crippen molar-refractivity contribution in [3.05, 3.63) is 70.7 Å². The molecule has 6 nitrogen and oxygen atoms in total. The summed E-state index contributed by atoms with van der Waals surface area (Å²) in [6, 6.07) is 16.6. The van der Waals surface area contributed by atoms with Crippen LogP contribution in [-0.2, 0) is 4.74 Å². The Morgan fingerprint density at radius 2 is 1.87 bits per heavy atom. The largest absolute Gasteiger partial charge is 0.497 e. The zero-order valence-electron chi connectivity index (χ0n) is 16.9. The highest BCUT2D eigenvalue weighted by Crippen LogP contribution is 2.27. The summed E-state index contributed by atoms with van der Waals surface area (Å²) < 4.78 is 10.3. The lowest BCUT2D eigenvalue weighted by molar-refractivity contribution is 0.0378. The number of aromatic nitrogens is 1. The molecule has 1 heterocycles. The number of carbonyl (C=O) groups is 1. The first-order valence-electron chi connectivity index (χ1n) is 9.28. The van der Waals surface area contributed by atoms with Crippen LogP contribution in [0, 0.1) is 11.3 Å². The standard InChI is InChI=1S/C23H21N3O3S/c1-15(2)29-23(27)17-4-8-19(9-5-17)25-13-18(12-24)22-26-21(14-30-22)16-6-10-20(28-3)11-7-16/h4-11,13-15,25H,1-3H3. The summed E-state index contributed by atoms with van der Waals surface area (Å²) in [5.74, 6) is 0.415. The number of nitrogens with zero attached hydrogens (tertiary/aromatic N) is 2. The number of benzene rings is 2. The molecule has 0 radical (unpaired) electrons. The van der Waals surface area contributed by atoms with Crippen molar-refractivity contribution in [1.82, 2.24) is 4.98 Å². The summed E-state index contributed by atoms with van der Waals surface area (Å²) in [6.45, 7) is 3.61. The number of ether oxygens (including phenoxy) is 2. The number of methoxy groups -OCH3 is 1. The van der Waals surface area contributed by atoms with E-state index in [1.165, 1.54) is 11.3 Å². The molecule has 1 N–H and O–H groups in total. The molecule has 3 rings (SSSR count). The van der Waals surface area contributed by atoms with Gasteiger partial charge in [0.1, 0.15) is 22.4 Å². The van der Waals surface area contributed by atoms with E-state index >= 15 is 0 Å². The van der Waals surface area contributed by atoms with Gasteiger partial charge < -0.3 is 14.8 Å². The van der Waals surface area contributed by atoms with Crippen LogP contribution in [0.5, 0.6) is 5.75 Å². The zero-order chi connectivity index (χ0) is 21.5. The lowest BCUT2D eigenvalue weighted by atomic mass is 10.2. The van der Waals surface area contributed by atoms with Crippen molar-refractivity contribution in [3.63, 3.8) is 0 Å². The van der Waals surface area contributed by atoms with E-state index in [0.29, 0.717) is 16.1 Å². The van der Waals surface area contributed by atoms with Gasteiger partial charge in [0.05, 0.1) is 24.5 Å². The van der Waals surface area contributed by atoms with Crippen molar-refractivity contribution < 1.29 is 14.3 Å². The first-order chi connectivity index (χ1) is 14.5. The Kier molecular flexibility index (Phi) is 6.83. The Labute approximate surface area is 179 Å². The maximum atomic E-state index is 11.9. The van der Waals surface area contributed by atoms with Gasteiger partial charge in [-0.2, -0.15) is 5.26 Å². The number of thiazole rings is 1. The van der Waals surface area contributed by atoms with Gasteiger partial charge in [-0.05, 0) is 62.4 Å². The average Bonchev–Trinajstić information content (AvgIpc) is 3.24. The second kappa shape index (κ2) is 9.72. The number of allylic oxidation sites excluding steroid dienone is 1. The maximum absolute atomic E-state index is 11.9. The van der Waals surface area contributed by atoms with Crippen LogP contribution in [0.25, 0.3) is 16.8 Å². The number of rotatable bonds is 7. The predicted octanol–water partition coefficient (Wildman–Crippen LogP) is 5.36. The molecule has 0 aliphatic heterocycles. The van der Waals surface area contributed by atoms with Crippen LogP contribution in [0.4, 0.5) is 5.69 Å². The summed E-state index contributed by atoms with van der Waals surface area (Å²) in [4.78, 5) is 16.5. The predicted molar refractivity (Wildman–Crippen MR) is 118 cm³/mol. The fourth-order valence-corrected chi connectivity index (χ4v) is 3.37. The van der Waals surface area contributed by atoms with Gasteiger partial charge in [-0.15, -0.1) is 11.3 Å². The smallest absolute Gasteiger partial charge is 0.338 e. The van der Waals surface area contributed by atoms with Gasteiger partial charge in [0, 0.05) is 22.8 Å². The van der Waals surface area contributed by atoms with Crippen molar-refractivity contribution in [3.8, 4) is 23.1 Å². The summed E-state index contributed by atoms with van der Waals surface area (Å²) in [5.41, 5.74) is 3.39. The second-order valence-corrected chi connectivity index (χ2v) is 7.47. The topological polar surface area (TPSA) is 84.2 Å². The van der Waals surface area contributed by atoms with Gasteiger partial charge >= 0.3 is 5.97 Å². The Hall–Kier alpha value is -3.63. The quantitative estimate of drug-likeness (QED) is 0.410. The van der Waals surface area contributed by atoms with Gasteiger partial charge in [0.15, 0.2) is 0 Å². The van der Waals surface area contributed by atoms with E-state index in [-0.39, 0.29) is 12.1 Å². The van der Waals surface area contributed by atoms with Gasteiger partial charge in [-0.3, -0.25) is 0 Å². The number of esters is 1. The van der Waals surface area contributed by atoms with E-state index in [0.717, 1.165) is 22.7 Å². The van der Waals surface area contributed by atoms with E-state index in [1.807, 2.05) is 29.6 Å². The van der Waals surface area contributed by atoms with Crippen LogP contribution in [0.15, 0.2) is 60.1 Å². The Balaban J connectivity index is 1.71. The highest BCUT2D eigenvalue weighted by Gasteiger charge is 2.10. The van der Waals surface area contributed by atoms with Gasteiger partial charge in [-0.1, -0.05) is 0 Å². The number of carbonyl (C=O) groups excluding carboxylic acids is 1. The lowest BCUT2D eigenvalue weighted by Crippen LogP contribution is -2.11. The molecule has 152 valence electrons. The van der Waals surface area contributed by atoms with Crippen molar-refractivity contribution in [2.45, 2.75) is 20.0 Å². The molecule has 3 aromatic rings. The van der Waals surface area contributed by atoms with Crippen molar-refractivity contribution >= 4 is 28.6 Å². The van der Waals surface area contributed by atoms with Crippen LogP contribution in [-0.4, -0.2) is 24.2 Å². The van der Waals surface area contributed by atoms with Crippen LogP contribution < -0.4 is 10.1 Å². The molecule has 7 heteroatoms. The Bertz CT molecular complexity index is 1080. The van der Waals surface area contributed by atoms with Gasteiger partial charge in [0.25, 0.3) is 0 Å². The maximum Gasteiger partial charge on any atom is 0.338 e. The van der Waals surface area contributed by atoms with Crippen LogP contribution in [0.1, 0.15) is 29.2 Å². The SMILES string of the molecule is COc1ccc(-c2csc(C(C#N)=CNc3ccc(C(=O)OC(C)C)cc3)n2)cc1. The summed E-state index contributed by atoms with van der Waals surface area (Å²) in [7, 11) is 1.62. The molecule has 0 unspecified atom stereocenters. The van der Waals surface area contributed by atoms with Crippen molar-refractivity contribution in [1.29, 1.82) is 5.26 Å². The molecule has 0 aliphatic rings. The minimum Gasteiger partial charge on any atom is -0.497 e. The molecular formula is C23H21N3O3S. The minimum atomic E-state index is -0.362. The molecule has 1 aromatic heterocycles. The number of nitrogens with one attached hydrogen (secondary N) is 1. The molecule has 0 aliphatic carbocycles. The van der Waals surface area contributed by atoms with Crippen LogP contribution in [0.2, 0.25) is 0 Å². The van der Waals surface area contributed by atoms with Gasteiger partial charge in [-0.25, -0.2) is 9.78 Å². The lowest BCUT2D eigenvalue weighted by Gasteiger charge is -2.08. The van der Waals surface area contributed by atoms with Gasteiger partial charge in [0.2, 0.25) is 0 Å². The molecule has 0 spiro atoms.